The summed E-state index contributed by atoms with van der Waals surface area (Å²) < 4.78 is 17.1. The van der Waals surface area contributed by atoms with Crippen molar-refractivity contribution in [2.75, 3.05) is 26.3 Å². The van der Waals surface area contributed by atoms with Crippen molar-refractivity contribution in [2.24, 2.45) is 13.0 Å². The number of ketones is 1. The zero-order chi connectivity index (χ0) is 26.9. The SMILES string of the molecule is Cn1c(C(=O)c2cn(CCOc3cccc(OC[C@@H]4CCN(C(=O)O)C4)c3)c3ccccc23)cc2sccc21. The number of benzene rings is 2. The lowest BCUT2D eigenvalue weighted by Gasteiger charge is -2.14. The van der Waals surface area contributed by atoms with E-state index < -0.39 is 6.09 Å². The van der Waals surface area contributed by atoms with Crippen LogP contribution in [0.5, 0.6) is 11.5 Å². The minimum atomic E-state index is -0.875. The lowest BCUT2D eigenvalue weighted by molar-refractivity contribution is 0.103. The van der Waals surface area contributed by atoms with Gasteiger partial charge in [0.2, 0.25) is 5.78 Å². The molecule has 1 aliphatic heterocycles. The summed E-state index contributed by atoms with van der Waals surface area (Å²) in [5, 5.41) is 12.1. The van der Waals surface area contributed by atoms with E-state index in [9.17, 15) is 9.59 Å². The number of ether oxygens (including phenoxy) is 2. The molecule has 8 nitrogen and oxygen atoms in total. The van der Waals surface area contributed by atoms with Crippen molar-refractivity contribution >= 4 is 44.3 Å². The van der Waals surface area contributed by atoms with Crippen molar-refractivity contribution in [1.82, 2.24) is 14.0 Å². The third kappa shape index (κ3) is 4.97. The van der Waals surface area contributed by atoms with Gasteiger partial charge < -0.3 is 28.6 Å². The van der Waals surface area contributed by atoms with Crippen LogP contribution in [0.1, 0.15) is 22.5 Å². The summed E-state index contributed by atoms with van der Waals surface area (Å²) >= 11 is 1.64. The molecule has 5 aromatic rings. The predicted octanol–water partition coefficient (Wildman–Crippen LogP) is 5.88. The van der Waals surface area contributed by atoms with E-state index in [1.165, 1.54) is 4.90 Å². The van der Waals surface area contributed by atoms with E-state index in [0.717, 1.165) is 27.5 Å². The van der Waals surface area contributed by atoms with E-state index in [0.29, 0.717) is 55.6 Å². The van der Waals surface area contributed by atoms with Crippen LogP contribution >= 0.6 is 11.3 Å². The monoisotopic (exact) mass is 543 g/mol. The first-order valence-corrected chi connectivity index (χ1v) is 13.8. The fourth-order valence-corrected chi connectivity index (χ4v) is 6.14. The van der Waals surface area contributed by atoms with Gasteiger partial charge in [0.25, 0.3) is 0 Å². The quantitative estimate of drug-likeness (QED) is 0.235. The van der Waals surface area contributed by atoms with E-state index in [1.54, 1.807) is 11.3 Å². The molecule has 1 amide bonds. The minimum Gasteiger partial charge on any atom is -0.493 e. The number of aryl methyl sites for hydroxylation is 1. The van der Waals surface area contributed by atoms with Gasteiger partial charge in [-0.15, -0.1) is 11.3 Å². The average molecular weight is 544 g/mol. The van der Waals surface area contributed by atoms with Gasteiger partial charge in [-0.1, -0.05) is 24.3 Å². The lowest BCUT2D eigenvalue weighted by atomic mass is 10.1. The number of thiophene rings is 1. The minimum absolute atomic E-state index is 0.00959. The average Bonchev–Trinajstić information content (AvgIpc) is 3.73. The Morgan fingerprint density at radius 3 is 2.64 bits per heavy atom. The van der Waals surface area contributed by atoms with E-state index in [2.05, 4.69) is 4.57 Å². The summed E-state index contributed by atoms with van der Waals surface area (Å²) in [6.07, 6.45) is 1.86. The topological polar surface area (TPSA) is 85.9 Å². The number of carboxylic acid groups (broad SMARTS) is 1. The molecule has 0 saturated carbocycles. The molecule has 0 aliphatic carbocycles. The first-order valence-electron chi connectivity index (χ1n) is 13.0. The fourth-order valence-electron chi connectivity index (χ4n) is 5.29. The van der Waals surface area contributed by atoms with Crippen LogP contribution in [-0.2, 0) is 13.6 Å². The smallest absolute Gasteiger partial charge is 0.407 e. The van der Waals surface area contributed by atoms with Gasteiger partial charge >= 0.3 is 6.09 Å². The third-order valence-electron chi connectivity index (χ3n) is 7.38. The number of likely N-dealkylation sites (tertiary alicyclic amines) is 1. The van der Waals surface area contributed by atoms with Crippen molar-refractivity contribution in [1.29, 1.82) is 0 Å². The highest BCUT2D eigenvalue weighted by Crippen LogP contribution is 2.29. The van der Waals surface area contributed by atoms with Gasteiger partial charge in [-0.05, 0) is 42.1 Å². The van der Waals surface area contributed by atoms with E-state index in [1.807, 2.05) is 83.9 Å². The number of rotatable bonds is 9. The molecule has 2 aromatic carbocycles. The normalized spacial score (nSPS) is 15.3. The molecule has 0 unspecified atom stereocenters. The number of aromatic nitrogens is 2. The molecule has 39 heavy (non-hydrogen) atoms. The number of carbonyl (C=O) groups excluding carboxylic acids is 1. The zero-order valence-corrected chi connectivity index (χ0v) is 22.4. The van der Waals surface area contributed by atoms with Gasteiger partial charge in [0.1, 0.15) is 18.1 Å². The molecule has 4 heterocycles. The number of nitrogens with zero attached hydrogens (tertiary/aromatic N) is 3. The summed E-state index contributed by atoms with van der Waals surface area (Å²) in [7, 11) is 1.94. The van der Waals surface area contributed by atoms with Crippen LogP contribution in [0.25, 0.3) is 21.1 Å². The van der Waals surface area contributed by atoms with Crippen molar-refractivity contribution in [3.05, 3.63) is 83.5 Å². The van der Waals surface area contributed by atoms with Crippen molar-refractivity contribution in [2.45, 2.75) is 13.0 Å². The number of amides is 1. The molecule has 0 radical (unpaired) electrons. The van der Waals surface area contributed by atoms with Gasteiger partial charge in [0, 0.05) is 54.8 Å². The second-order valence-electron chi connectivity index (χ2n) is 9.86. The molecule has 1 N–H and O–H groups in total. The fraction of sp³-hybridized carbons (Fsp3) is 0.267. The van der Waals surface area contributed by atoms with Gasteiger partial charge in [0.15, 0.2) is 0 Å². The van der Waals surface area contributed by atoms with Crippen LogP contribution < -0.4 is 9.47 Å². The maximum absolute atomic E-state index is 13.6. The summed E-state index contributed by atoms with van der Waals surface area (Å²) in [6.45, 7) is 2.53. The maximum atomic E-state index is 13.6. The molecule has 200 valence electrons. The van der Waals surface area contributed by atoms with Crippen LogP contribution in [0.15, 0.2) is 72.2 Å². The zero-order valence-electron chi connectivity index (χ0n) is 21.6. The highest BCUT2D eigenvalue weighted by molar-refractivity contribution is 7.17. The lowest BCUT2D eigenvalue weighted by Crippen LogP contribution is -2.27. The Labute approximate surface area is 229 Å². The molecule has 1 saturated heterocycles. The number of fused-ring (bicyclic) bond motifs is 2. The van der Waals surface area contributed by atoms with Crippen LogP contribution in [0.2, 0.25) is 0 Å². The van der Waals surface area contributed by atoms with E-state index in [-0.39, 0.29) is 11.7 Å². The Balaban J connectivity index is 1.12. The Hall–Kier alpha value is -4.24. The molecular weight excluding hydrogens is 514 g/mol. The van der Waals surface area contributed by atoms with Gasteiger partial charge in [-0.2, -0.15) is 0 Å². The molecule has 1 fully saturated rings. The standard InChI is InChI=1S/C30H29N3O5S/c1-31-26-10-14-39-28(26)16-27(31)29(34)24-18-32(25-8-3-2-7-23(24)25)12-13-37-21-5-4-6-22(15-21)38-19-20-9-11-33(17-20)30(35)36/h2-8,10,14-16,18,20H,9,11-13,17,19H2,1H3,(H,35,36)/t20-/m1/s1. The Kier molecular flexibility index (Phi) is 6.74. The van der Waals surface area contributed by atoms with E-state index in [4.69, 9.17) is 14.6 Å². The molecule has 0 bridgehead atoms. The largest absolute Gasteiger partial charge is 0.493 e. The summed E-state index contributed by atoms with van der Waals surface area (Å²) in [5.41, 5.74) is 3.42. The number of hydrogen-bond donors (Lipinski definition) is 1. The maximum Gasteiger partial charge on any atom is 0.407 e. The third-order valence-corrected chi connectivity index (χ3v) is 8.23. The molecule has 1 aliphatic rings. The van der Waals surface area contributed by atoms with Crippen LogP contribution in [0.4, 0.5) is 4.79 Å². The Bertz CT molecular complexity index is 1670. The summed E-state index contributed by atoms with van der Waals surface area (Å²) in [5.74, 6) is 1.59. The second kappa shape index (κ2) is 10.5. The number of carbonyl (C=O) groups is 2. The summed E-state index contributed by atoms with van der Waals surface area (Å²) in [4.78, 5) is 26.2. The first-order chi connectivity index (χ1) is 19.0. The highest BCUT2D eigenvalue weighted by Gasteiger charge is 2.26. The van der Waals surface area contributed by atoms with Gasteiger partial charge in [-0.25, -0.2) is 4.79 Å². The molecule has 3 aromatic heterocycles. The molecule has 6 rings (SSSR count). The Morgan fingerprint density at radius 1 is 1.03 bits per heavy atom. The van der Waals surface area contributed by atoms with Crippen molar-refractivity contribution in [3.63, 3.8) is 0 Å². The van der Waals surface area contributed by atoms with Crippen molar-refractivity contribution in [3.8, 4) is 11.5 Å². The van der Waals surface area contributed by atoms with Crippen molar-refractivity contribution < 1.29 is 24.2 Å². The molecule has 9 heteroatoms. The van der Waals surface area contributed by atoms with Crippen LogP contribution in [-0.4, -0.2) is 57.3 Å². The Morgan fingerprint density at radius 2 is 1.85 bits per heavy atom. The first kappa shape index (κ1) is 25.1. The van der Waals surface area contributed by atoms with Gasteiger partial charge in [0.05, 0.1) is 29.1 Å². The predicted molar refractivity (Wildman–Crippen MR) is 151 cm³/mol. The van der Waals surface area contributed by atoms with Crippen LogP contribution in [0, 0.1) is 5.92 Å². The molecule has 0 spiro atoms. The highest BCUT2D eigenvalue weighted by atomic mass is 32.1. The van der Waals surface area contributed by atoms with Crippen LogP contribution in [0.3, 0.4) is 0 Å². The molecule has 1 atom stereocenters. The number of para-hydroxylation sites is 1. The van der Waals surface area contributed by atoms with Gasteiger partial charge in [-0.3, -0.25) is 4.79 Å². The second-order valence-corrected chi connectivity index (χ2v) is 10.8. The molecular formula is C30H29N3O5S. The number of hydrogen-bond acceptors (Lipinski definition) is 5. The summed E-state index contributed by atoms with van der Waals surface area (Å²) in [6, 6.07) is 19.5. The van der Waals surface area contributed by atoms with E-state index >= 15 is 0 Å².